The fourth-order valence-electron chi connectivity index (χ4n) is 1.53. The van der Waals surface area contributed by atoms with Crippen LogP contribution in [0.5, 0.6) is 0 Å². The van der Waals surface area contributed by atoms with Crippen LogP contribution < -0.4 is 0 Å². The van der Waals surface area contributed by atoms with Gasteiger partial charge in [0.2, 0.25) is 0 Å². The molecule has 1 heterocycles. The summed E-state index contributed by atoms with van der Waals surface area (Å²) in [6.07, 6.45) is 4.62. The Kier molecular flexibility index (Phi) is 3.68. The lowest BCUT2D eigenvalue weighted by Gasteiger charge is -2.03. The molecule has 0 saturated heterocycles. The van der Waals surface area contributed by atoms with Gasteiger partial charge in [-0.25, -0.2) is 0 Å². The molecule has 0 amide bonds. The van der Waals surface area contributed by atoms with Gasteiger partial charge in [-0.05, 0) is 12.0 Å². The zero-order valence-corrected chi connectivity index (χ0v) is 8.66. The monoisotopic (exact) mass is 196 g/mol. The van der Waals surface area contributed by atoms with Crippen molar-refractivity contribution in [1.82, 2.24) is 9.78 Å². The Morgan fingerprint density at radius 1 is 1.57 bits per heavy atom. The maximum atomic E-state index is 10.4. The van der Waals surface area contributed by atoms with Crippen molar-refractivity contribution in [2.45, 2.75) is 32.6 Å². The molecular weight excluding hydrogens is 180 g/mol. The minimum absolute atomic E-state index is 0.177. The van der Waals surface area contributed by atoms with E-state index in [1.807, 2.05) is 13.2 Å². The highest BCUT2D eigenvalue weighted by Crippen LogP contribution is 2.12. The molecule has 14 heavy (non-hydrogen) atoms. The molecule has 0 spiro atoms. The van der Waals surface area contributed by atoms with E-state index in [-0.39, 0.29) is 6.42 Å². The molecule has 78 valence electrons. The van der Waals surface area contributed by atoms with Crippen molar-refractivity contribution < 1.29 is 9.90 Å². The lowest BCUT2D eigenvalue weighted by atomic mass is 10.1. The fraction of sp³-hybridized carbons (Fsp3) is 0.600. The van der Waals surface area contributed by atoms with E-state index in [0.29, 0.717) is 6.42 Å². The number of nitrogens with zero attached hydrogens (tertiary/aromatic N) is 2. The summed E-state index contributed by atoms with van der Waals surface area (Å²) >= 11 is 0. The van der Waals surface area contributed by atoms with E-state index < -0.39 is 5.97 Å². The van der Waals surface area contributed by atoms with Crippen LogP contribution in [0, 0.1) is 0 Å². The van der Waals surface area contributed by atoms with E-state index in [1.165, 1.54) is 5.56 Å². The maximum absolute atomic E-state index is 10.4. The molecule has 0 saturated carbocycles. The Labute approximate surface area is 83.5 Å². The zero-order valence-electron chi connectivity index (χ0n) is 8.66. The molecule has 1 rings (SSSR count). The second-order valence-corrected chi connectivity index (χ2v) is 3.38. The minimum atomic E-state index is -0.756. The second kappa shape index (κ2) is 4.79. The normalized spacial score (nSPS) is 10.4. The summed E-state index contributed by atoms with van der Waals surface area (Å²) in [5, 5.41) is 12.7. The summed E-state index contributed by atoms with van der Waals surface area (Å²) in [5.41, 5.74) is 2.23. The van der Waals surface area contributed by atoms with E-state index >= 15 is 0 Å². The molecule has 4 heteroatoms. The molecule has 0 atom stereocenters. The zero-order chi connectivity index (χ0) is 10.6. The Balaban J connectivity index is 2.71. The van der Waals surface area contributed by atoms with Crippen molar-refractivity contribution in [3.05, 3.63) is 17.5 Å². The van der Waals surface area contributed by atoms with Crippen molar-refractivity contribution in [1.29, 1.82) is 0 Å². The quantitative estimate of drug-likeness (QED) is 0.774. The average molecular weight is 196 g/mol. The van der Waals surface area contributed by atoms with Crippen LogP contribution in [0.2, 0.25) is 0 Å². The Morgan fingerprint density at radius 2 is 2.29 bits per heavy atom. The summed E-state index contributed by atoms with van der Waals surface area (Å²) in [7, 11) is 1.86. The third-order valence-electron chi connectivity index (χ3n) is 2.24. The van der Waals surface area contributed by atoms with Crippen molar-refractivity contribution >= 4 is 5.97 Å². The van der Waals surface area contributed by atoms with Gasteiger partial charge in [-0.15, -0.1) is 0 Å². The first-order valence-electron chi connectivity index (χ1n) is 4.86. The van der Waals surface area contributed by atoms with Gasteiger partial charge in [0, 0.05) is 19.2 Å². The first-order chi connectivity index (χ1) is 6.65. The van der Waals surface area contributed by atoms with Gasteiger partial charge in [-0.3, -0.25) is 9.48 Å². The largest absolute Gasteiger partial charge is 0.481 e. The number of carboxylic acids is 1. The molecule has 4 nitrogen and oxygen atoms in total. The summed E-state index contributed by atoms with van der Waals surface area (Å²) < 4.78 is 1.77. The summed E-state index contributed by atoms with van der Waals surface area (Å²) in [6.45, 7) is 2.11. The molecule has 0 unspecified atom stereocenters. The predicted molar refractivity (Wildman–Crippen MR) is 53.2 cm³/mol. The highest BCUT2D eigenvalue weighted by molar-refractivity contribution is 5.67. The number of rotatable bonds is 5. The van der Waals surface area contributed by atoms with Gasteiger partial charge in [-0.2, -0.15) is 5.10 Å². The molecule has 1 N–H and O–H groups in total. The topological polar surface area (TPSA) is 55.1 Å². The van der Waals surface area contributed by atoms with E-state index in [0.717, 1.165) is 18.5 Å². The summed E-state index contributed by atoms with van der Waals surface area (Å²) in [5.74, 6) is -0.756. The number of aryl methyl sites for hydroxylation is 2. The molecule has 1 aromatic heterocycles. The van der Waals surface area contributed by atoms with Gasteiger partial charge in [0.1, 0.15) is 0 Å². The number of hydrogen-bond acceptors (Lipinski definition) is 2. The highest BCUT2D eigenvalue weighted by atomic mass is 16.4. The molecular formula is C10H16N2O2. The van der Waals surface area contributed by atoms with E-state index in [2.05, 4.69) is 12.0 Å². The third kappa shape index (κ3) is 2.58. The molecule has 0 fully saturated rings. The third-order valence-corrected chi connectivity index (χ3v) is 2.24. The van der Waals surface area contributed by atoms with Gasteiger partial charge in [0.25, 0.3) is 0 Å². The molecule has 0 aliphatic heterocycles. The highest BCUT2D eigenvalue weighted by Gasteiger charge is 2.09. The second-order valence-electron chi connectivity index (χ2n) is 3.38. The van der Waals surface area contributed by atoms with Crippen molar-refractivity contribution in [2.24, 2.45) is 7.05 Å². The van der Waals surface area contributed by atoms with Crippen LogP contribution in [-0.2, 0) is 24.7 Å². The molecule has 0 aromatic carbocycles. The van der Waals surface area contributed by atoms with Crippen LogP contribution in [-0.4, -0.2) is 20.9 Å². The number of carboxylic acid groups (broad SMARTS) is 1. The lowest BCUT2D eigenvalue weighted by Crippen LogP contribution is -2.05. The molecule has 0 radical (unpaired) electrons. The van der Waals surface area contributed by atoms with Crippen LogP contribution in [0.3, 0.4) is 0 Å². The summed E-state index contributed by atoms with van der Waals surface area (Å²) in [4.78, 5) is 10.4. The Morgan fingerprint density at radius 3 is 2.86 bits per heavy atom. The van der Waals surface area contributed by atoms with Crippen LogP contribution in [0.25, 0.3) is 0 Å². The van der Waals surface area contributed by atoms with Crippen molar-refractivity contribution in [3.8, 4) is 0 Å². The van der Waals surface area contributed by atoms with Crippen LogP contribution >= 0.6 is 0 Å². The minimum Gasteiger partial charge on any atom is -0.481 e. The van der Waals surface area contributed by atoms with Crippen LogP contribution in [0.15, 0.2) is 6.20 Å². The Hall–Kier alpha value is -1.32. The van der Waals surface area contributed by atoms with Crippen LogP contribution in [0.4, 0.5) is 0 Å². The number of carbonyl (C=O) groups is 1. The Bertz CT molecular complexity index is 318. The van der Waals surface area contributed by atoms with Gasteiger partial charge in [0.15, 0.2) is 0 Å². The summed E-state index contributed by atoms with van der Waals surface area (Å²) in [6, 6.07) is 0. The lowest BCUT2D eigenvalue weighted by molar-refractivity contribution is -0.136. The number of aliphatic carboxylic acids is 1. The van der Waals surface area contributed by atoms with Crippen molar-refractivity contribution in [2.75, 3.05) is 0 Å². The number of aromatic nitrogens is 2. The smallest absolute Gasteiger partial charge is 0.303 e. The predicted octanol–water partition coefficient (Wildman–Crippen LogP) is 1.39. The first-order valence-corrected chi connectivity index (χ1v) is 4.86. The van der Waals surface area contributed by atoms with E-state index in [1.54, 1.807) is 4.68 Å². The average Bonchev–Trinajstić information content (AvgIpc) is 2.45. The van der Waals surface area contributed by atoms with E-state index in [9.17, 15) is 4.79 Å². The number of hydrogen-bond donors (Lipinski definition) is 1. The van der Waals surface area contributed by atoms with Gasteiger partial charge >= 0.3 is 5.97 Å². The first kappa shape index (κ1) is 10.8. The van der Waals surface area contributed by atoms with Crippen LogP contribution in [0.1, 0.15) is 31.0 Å². The van der Waals surface area contributed by atoms with Crippen molar-refractivity contribution in [3.63, 3.8) is 0 Å². The molecule has 0 aliphatic carbocycles. The fourth-order valence-corrected chi connectivity index (χ4v) is 1.53. The van der Waals surface area contributed by atoms with Gasteiger partial charge in [0.05, 0.1) is 12.6 Å². The SMILES string of the molecule is CCCc1cnn(C)c1CCC(=O)O. The maximum Gasteiger partial charge on any atom is 0.303 e. The standard InChI is InChI=1S/C10H16N2O2/c1-3-4-8-7-11-12(2)9(8)5-6-10(13)14/h7H,3-6H2,1-2H3,(H,13,14). The molecule has 0 bridgehead atoms. The van der Waals surface area contributed by atoms with Gasteiger partial charge in [-0.1, -0.05) is 13.3 Å². The molecule has 0 aliphatic rings. The van der Waals surface area contributed by atoms with Gasteiger partial charge < -0.3 is 5.11 Å². The van der Waals surface area contributed by atoms with E-state index in [4.69, 9.17) is 5.11 Å². The molecule has 1 aromatic rings.